The fourth-order valence-corrected chi connectivity index (χ4v) is 4.18. The summed E-state index contributed by atoms with van der Waals surface area (Å²) in [5.41, 5.74) is 0.847. The van der Waals surface area contributed by atoms with Crippen LogP contribution in [0.2, 0.25) is 0 Å². The molecule has 0 saturated carbocycles. The van der Waals surface area contributed by atoms with Crippen molar-refractivity contribution in [1.29, 1.82) is 0 Å². The summed E-state index contributed by atoms with van der Waals surface area (Å²) in [4.78, 5) is 38.6. The van der Waals surface area contributed by atoms with Crippen molar-refractivity contribution in [3.8, 4) is 0 Å². The molecule has 1 unspecified atom stereocenters. The Labute approximate surface area is 154 Å². The van der Waals surface area contributed by atoms with Crippen LogP contribution in [0.25, 0.3) is 10.9 Å². The summed E-state index contributed by atoms with van der Waals surface area (Å²) in [5.74, 6) is -1.82. The van der Waals surface area contributed by atoms with Crippen LogP contribution in [-0.4, -0.2) is 53.1 Å². The van der Waals surface area contributed by atoms with Gasteiger partial charge in [0.1, 0.15) is 11.4 Å². The topological polar surface area (TPSA) is 82.8 Å². The highest BCUT2D eigenvalue weighted by molar-refractivity contribution is 5.95. The number of carboxylic acid groups (broad SMARTS) is 1. The first-order valence-corrected chi connectivity index (χ1v) is 9.00. The molecule has 7 nitrogen and oxygen atoms in total. The van der Waals surface area contributed by atoms with Crippen LogP contribution in [0.3, 0.4) is 0 Å². The third-order valence-corrected chi connectivity index (χ3v) is 5.64. The van der Waals surface area contributed by atoms with Crippen LogP contribution in [0, 0.1) is 5.82 Å². The molecule has 2 aliphatic heterocycles. The van der Waals surface area contributed by atoms with Crippen molar-refractivity contribution in [3.05, 3.63) is 39.4 Å². The van der Waals surface area contributed by atoms with E-state index in [1.807, 2.05) is 11.8 Å². The fourth-order valence-electron chi connectivity index (χ4n) is 4.18. The molecule has 1 aromatic carbocycles. The van der Waals surface area contributed by atoms with Gasteiger partial charge < -0.3 is 19.5 Å². The molecular formula is C19H20FN3O4. The predicted molar refractivity (Wildman–Crippen MR) is 98.0 cm³/mol. The Bertz CT molecular complexity index is 1010. The lowest BCUT2D eigenvalue weighted by atomic mass is 9.93. The fraction of sp³-hybridized carbons (Fsp3) is 0.421. The molecule has 0 spiro atoms. The van der Waals surface area contributed by atoms with Gasteiger partial charge in [0, 0.05) is 49.4 Å². The summed E-state index contributed by atoms with van der Waals surface area (Å²) in [7, 11) is 0. The van der Waals surface area contributed by atoms with Gasteiger partial charge >= 0.3 is 5.97 Å². The predicted octanol–water partition coefficient (Wildman–Crippen LogP) is 1.62. The number of aromatic nitrogens is 1. The summed E-state index contributed by atoms with van der Waals surface area (Å²) < 4.78 is 16.9. The molecular weight excluding hydrogens is 353 g/mol. The Balaban J connectivity index is 1.95. The first kappa shape index (κ1) is 17.5. The molecule has 0 radical (unpaired) electrons. The van der Waals surface area contributed by atoms with E-state index in [0.717, 1.165) is 18.4 Å². The van der Waals surface area contributed by atoms with Gasteiger partial charge in [0.15, 0.2) is 0 Å². The molecule has 3 heterocycles. The Morgan fingerprint density at radius 3 is 2.63 bits per heavy atom. The van der Waals surface area contributed by atoms with Gasteiger partial charge in [-0.3, -0.25) is 9.59 Å². The molecule has 0 bridgehead atoms. The SMILES string of the molecule is CC1CCc2c(N3CCN(C=O)CC3)c(F)cc3c(=O)c(C(=O)O)cn1c23. The Kier molecular flexibility index (Phi) is 4.13. The van der Waals surface area contributed by atoms with Gasteiger partial charge in [0.05, 0.1) is 11.2 Å². The molecule has 2 aromatic rings. The van der Waals surface area contributed by atoms with E-state index >= 15 is 4.39 Å². The minimum atomic E-state index is -1.31. The van der Waals surface area contributed by atoms with E-state index in [9.17, 15) is 19.5 Å². The number of carbonyl (C=O) groups is 2. The van der Waals surface area contributed by atoms with Crippen LogP contribution < -0.4 is 10.3 Å². The van der Waals surface area contributed by atoms with Gasteiger partial charge in [0.2, 0.25) is 11.8 Å². The van der Waals surface area contributed by atoms with E-state index in [1.165, 1.54) is 12.3 Å². The number of pyridine rings is 1. The van der Waals surface area contributed by atoms with Gasteiger partial charge in [-0.1, -0.05) is 0 Å². The second kappa shape index (κ2) is 6.37. The second-order valence-corrected chi connectivity index (χ2v) is 7.18. The quantitative estimate of drug-likeness (QED) is 0.827. The first-order chi connectivity index (χ1) is 12.9. The molecule has 1 fully saturated rings. The molecule has 8 heteroatoms. The molecule has 27 heavy (non-hydrogen) atoms. The number of nitrogens with zero attached hydrogens (tertiary/aromatic N) is 3. The zero-order valence-corrected chi connectivity index (χ0v) is 14.9. The maximum atomic E-state index is 15.1. The minimum absolute atomic E-state index is 0.0175. The highest BCUT2D eigenvalue weighted by Gasteiger charge is 2.29. The number of piperazine rings is 1. The average molecular weight is 373 g/mol. The lowest BCUT2D eigenvalue weighted by Crippen LogP contribution is -2.46. The smallest absolute Gasteiger partial charge is 0.341 e. The number of benzene rings is 1. The molecule has 1 aromatic heterocycles. The maximum Gasteiger partial charge on any atom is 0.341 e. The van der Waals surface area contributed by atoms with Crippen LogP contribution in [0.15, 0.2) is 17.1 Å². The normalized spacial score (nSPS) is 19.4. The van der Waals surface area contributed by atoms with E-state index in [1.54, 1.807) is 9.47 Å². The van der Waals surface area contributed by atoms with Gasteiger partial charge in [-0.2, -0.15) is 0 Å². The molecule has 4 rings (SSSR count). The lowest BCUT2D eigenvalue weighted by Gasteiger charge is -2.37. The van der Waals surface area contributed by atoms with E-state index < -0.39 is 17.2 Å². The molecule has 1 N–H and O–H groups in total. The molecule has 0 aliphatic carbocycles. The molecule has 1 amide bonds. The standard InChI is InChI=1S/C19H20FN3O4/c1-11-2-3-12-16-13(18(25)14(19(26)27)9-23(11)16)8-15(20)17(12)22-6-4-21(10-24)5-7-22/h8-11H,2-7H2,1H3,(H,26,27). The van der Waals surface area contributed by atoms with Crippen molar-refractivity contribution in [1.82, 2.24) is 9.47 Å². The van der Waals surface area contributed by atoms with Crippen molar-refractivity contribution in [2.45, 2.75) is 25.8 Å². The number of anilines is 1. The van der Waals surface area contributed by atoms with Crippen molar-refractivity contribution < 1.29 is 19.1 Å². The number of aromatic carboxylic acids is 1. The minimum Gasteiger partial charge on any atom is -0.477 e. The Morgan fingerprint density at radius 2 is 2.00 bits per heavy atom. The van der Waals surface area contributed by atoms with Crippen LogP contribution >= 0.6 is 0 Å². The highest BCUT2D eigenvalue weighted by atomic mass is 19.1. The van der Waals surface area contributed by atoms with E-state index in [-0.39, 0.29) is 17.0 Å². The summed E-state index contributed by atoms with van der Waals surface area (Å²) >= 11 is 0. The zero-order chi connectivity index (χ0) is 19.3. The summed E-state index contributed by atoms with van der Waals surface area (Å²) in [6.45, 7) is 4.02. The number of aryl methyl sites for hydroxylation is 1. The van der Waals surface area contributed by atoms with Crippen LogP contribution in [0.4, 0.5) is 10.1 Å². The Hall–Kier alpha value is -2.90. The highest BCUT2D eigenvalue weighted by Crippen LogP contribution is 2.38. The first-order valence-electron chi connectivity index (χ1n) is 9.00. The zero-order valence-electron chi connectivity index (χ0n) is 14.9. The summed E-state index contributed by atoms with van der Waals surface area (Å²) in [5, 5.41) is 9.46. The largest absolute Gasteiger partial charge is 0.477 e. The van der Waals surface area contributed by atoms with Crippen LogP contribution in [0.5, 0.6) is 0 Å². The number of carboxylic acids is 1. The lowest BCUT2D eigenvalue weighted by molar-refractivity contribution is -0.118. The van der Waals surface area contributed by atoms with Crippen molar-refractivity contribution in [2.75, 3.05) is 31.1 Å². The number of hydrogen-bond donors (Lipinski definition) is 1. The average Bonchev–Trinajstić information content (AvgIpc) is 2.66. The third-order valence-electron chi connectivity index (χ3n) is 5.64. The number of hydrogen-bond acceptors (Lipinski definition) is 4. The number of amides is 1. The van der Waals surface area contributed by atoms with Gasteiger partial charge in [-0.05, 0) is 25.8 Å². The van der Waals surface area contributed by atoms with Crippen LogP contribution in [-0.2, 0) is 11.2 Å². The summed E-state index contributed by atoms with van der Waals surface area (Å²) in [6.07, 6.45) is 3.52. The third kappa shape index (κ3) is 2.67. The van der Waals surface area contributed by atoms with Crippen LogP contribution in [0.1, 0.15) is 35.3 Å². The van der Waals surface area contributed by atoms with Crippen molar-refractivity contribution >= 4 is 29.0 Å². The van der Waals surface area contributed by atoms with Crippen molar-refractivity contribution in [2.24, 2.45) is 0 Å². The number of carbonyl (C=O) groups excluding carboxylic acids is 1. The van der Waals surface area contributed by atoms with Crippen molar-refractivity contribution in [3.63, 3.8) is 0 Å². The van der Waals surface area contributed by atoms with Gasteiger partial charge in [-0.15, -0.1) is 0 Å². The molecule has 2 aliphatic rings. The second-order valence-electron chi connectivity index (χ2n) is 7.18. The number of rotatable bonds is 3. The molecule has 1 saturated heterocycles. The summed E-state index contributed by atoms with van der Waals surface area (Å²) in [6, 6.07) is 1.19. The van der Waals surface area contributed by atoms with Gasteiger partial charge in [0.25, 0.3) is 0 Å². The molecule has 1 atom stereocenters. The van der Waals surface area contributed by atoms with Gasteiger partial charge in [-0.25, -0.2) is 9.18 Å². The molecule has 142 valence electrons. The monoisotopic (exact) mass is 373 g/mol. The maximum absolute atomic E-state index is 15.1. The van der Waals surface area contributed by atoms with E-state index in [4.69, 9.17) is 0 Å². The van der Waals surface area contributed by atoms with E-state index in [2.05, 4.69) is 0 Å². The Morgan fingerprint density at radius 1 is 1.30 bits per heavy atom. The number of halogens is 1. The van der Waals surface area contributed by atoms with E-state index in [0.29, 0.717) is 43.8 Å².